The van der Waals surface area contributed by atoms with Crippen molar-refractivity contribution < 1.29 is 8.42 Å². The summed E-state index contributed by atoms with van der Waals surface area (Å²) in [7, 11) is -3.83. The number of aromatic nitrogens is 1. The lowest BCUT2D eigenvalue weighted by Gasteiger charge is -2.12. The molecule has 0 saturated heterocycles. The fourth-order valence-corrected chi connectivity index (χ4v) is 3.90. The van der Waals surface area contributed by atoms with Crippen LogP contribution in [0.4, 0.5) is 5.69 Å². The highest BCUT2D eigenvalue weighted by molar-refractivity contribution is 9.10. The zero-order chi connectivity index (χ0) is 15.6. The Labute approximate surface area is 136 Å². The molecule has 0 amide bonds. The van der Waals surface area contributed by atoms with Gasteiger partial charge >= 0.3 is 0 Å². The SMILES string of the molecule is Cc1ccc(NS(=O)(=O)c2cccnc2C(N)=S)c(Br)c1. The van der Waals surface area contributed by atoms with E-state index in [9.17, 15) is 8.42 Å². The zero-order valence-electron chi connectivity index (χ0n) is 11.0. The monoisotopic (exact) mass is 385 g/mol. The van der Waals surface area contributed by atoms with Crippen LogP contribution in [0.2, 0.25) is 0 Å². The molecule has 8 heteroatoms. The Bertz CT molecular complexity index is 807. The van der Waals surface area contributed by atoms with Crippen LogP contribution < -0.4 is 10.5 Å². The van der Waals surface area contributed by atoms with Gasteiger partial charge in [-0.3, -0.25) is 9.71 Å². The Morgan fingerprint density at radius 3 is 2.71 bits per heavy atom. The van der Waals surface area contributed by atoms with E-state index in [4.69, 9.17) is 18.0 Å². The molecule has 2 aromatic rings. The highest BCUT2D eigenvalue weighted by Gasteiger charge is 2.21. The number of hydrogen-bond donors (Lipinski definition) is 2. The van der Waals surface area contributed by atoms with E-state index >= 15 is 0 Å². The molecule has 5 nitrogen and oxygen atoms in total. The van der Waals surface area contributed by atoms with E-state index < -0.39 is 10.0 Å². The molecule has 21 heavy (non-hydrogen) atoms. The van der Waals surface area contributed by atoms with Crippen molar-refractivity contribution in [3.05, 3.63) is 52.3 Å². The van der Waals surface area contributed by atoms with E-state index in [-0.39, 0.29) is 15.6 Å². The summed E-state index contributed by atoms with van der Waals surface area (Å²) in [6, 6.07) is 8.22. The topological polar surface area (TPSA) is 85.1 Å². The Balaban J connectivity index is 2.46. The number of rotatable bonds is 4. The summed E-state index contributed by atoms with van der Waals surface area (Å²) in [5.74, 6) is 0. The predicted octanol–water partition coefficient (Wildman–Crippen LogP) is 2.59. The third-order valence-electron chi connectivity index (χ3n) is 2.66. The molecule has 1 aromatic heterocycles. The van der Waals surface area contributed by atoms with Crippen molar-refractivity contribution in [2.45, 2.75) is 11.8 Å². The van der Waals surface area contributed by atoms with Crippen LogP contribution >= 0.6 is 28.1 Å². The number of aryl methyl sites for hydroxylation is 1. The van der Waals surface area contributed by atoms with Gasteiger partial charge in [0.25, 0.3) is 10.0 Å². The van der Waals surface area contributed by atoms with Crippen LogP contribution in [0, 0.1) is 6.92 Å². The first kappa shape index (κ1) is 15.9. The first-order valence-corrected chi connectivity index (χ1v) is 8.53. The third kappa shape index (κ3) is 3.58. The normalized spacial score (nSPS) is 11.1. The van der Waals surface area contributed by atoms with Crippen LogP contribution in [0.25, 0.3) is 0 Å². The van der Waals surface area contributed by atoms with Crippen molar-refractivity contribution in [3.8, 4) is 0 Å². The minimum Gasteiger partial charge on any atom is -0.388 e. The molecule has 0 aliphatic carbocycles. The maximum absolute atomic E-state index is 12.5. The molecular formula is C13H12BrN3O2S2. The zero-order valence-corrected chi connectivity index (χ0v) is 14.2. The van der Waals surface area contributed by atoms with E-state index in [1.54, 1.807) is 12.1 Å². The molecule has 1 aromatic carbocycles. The third-order valence-corrected chi connectivity index (χ3v) is 4.91. The quantitative estimate of drug-likeness (QED) is 0.789. The van der Waals surface area contributed by atoms with E-state index in [1.807, 2.05) is 13.0 Å². The second-order valence-electron chi connectivity index (χ2n) is 4.30. The number of halogens is 1. The number of nitrogens with two attached hydrogens (primary N) is 1. The summed E-state index contributed by atoms with van der Waals surface area (Å²) in [5, 5.41) is 0. The Hall–Kier alpha value is -1.51. The number of sulfonamides is 1. The maximum atomic E-state index is 12.5. The van der Waals surface area contributed by atoms with Gasteiger partial charge in [0.15, 0.2) is 0 Å². The van der Waals surface area contributed by atoms with Crippen molar-refractivity contribution >= 4 is 48.8 Å². The van der Waals surface area contributed by atoms with Crippen molar-refractivity contribution in [3.63, 3.8) is 0 Å². The Kier molecular flexibility index (Phi) is 4.60. The van der Waals surface area contributed by atoms with Crippen LogP contribution in [0.3, 0.4) is 0 Å². The molecule has 110 valence electrons. The largest absolute Gasteiger partial charge is 0.388 e. The summed E-state index contributed by atoms with van der Waals surface area (Å²) in [6.07, 6.45) is 1.44. The number of anilines is 1. The van der Waals surface area contributed by atoms with Crippen molar-refractivity contribution in [1.29, 1.82) is 0 Å². The maximum Gasteiger partial charge on any atom is 0.264 e. The van der Waals surface area contributed by atoms with Gasteiger partial charge in [-0.2, -0.15) is 0 Å². The van der Waals surface area contributed by atoms with E-state index in [1.165, 1.54) is 18.3 Å². The van der Waals surface area contributed by atoms with Crippen molar-refractivity contribution in [2.24, 2.45) is 5.73 Å². The molecular weight excluding hydrogens is 374 g/mol. The van der Waals surface area contributed by atoms with E-state index in [2.05, 4.69) is 25.6 Å². The van der Waals surface area contributed by atoms with Gasteiger partial charge in [-0.1, -0.05) is 18.3 Å². The number of thiocarbonyl (C=S) groups is 1. The number of hydrogen-bond acceptors (Lipinski definition) is 4. The lowest BCUT2D eigenvalue weighted by molar-refractivity contribution is 0.600. The molecule has 0 aliphatic heterocycles. The molecule has 0 fully saturated rings. The molecule has 0 aliphatic rings. The van der Waals surface area contributed by atoms with Gasteiger partial charge in [0.2, 0.25) is 0 Å². The van der Waals surface area contributed by atoms with Gasteiger partial charge in [-0.25, -0.2) is 8.42 Å². The number of pyridine rings is 1. The fraction of sp³-hybridized carbons (Fsp3) is 0.0769. The summed E-state index contributed by atoms with van der Waals surface area (Å²) in [5.41, 5.74) is 7.03. The van der Waals surface area contributed by atoms with E-state index in [0.29, 0.717) is 10.2 Å². The molecule has 1 heterocycles. The van der Waals surface area contributed by atoms with Gasteiger partial charge in [0.05, 0.1) is 5.69 Å². The summed E-state index contributed by atoms with van der Waals surface area (Å²) >= 11 is 8.17. The summed E-state index contributed by atoms with van der Waals surface area (Å²) in [4.78, 5) is 3.80. The van der Waals surface area contributed by atoms with Crippen LogP contribution in [0.5, 0.6) is 0 Å². The summed E-state index contributed by atoms with van der Waals surface area (Å²) in [6.45, 7) is 1.91. The first-order chi connectivity index (χ1) is 9.81. The van der Waals surface area contributed by atoms with Gasteiger partial charge < -0.3 is 5.73 Å². The molecule has 0 saturated carbocycles. The molecule has 2 rings (SSSR count). The molecule has 0 atom stereocenters. The smallest absolute Gasteiger partial charge is 0.264 e. The van der Waals surface area contributed by atoms with Crippen LogP contribution in [0.15, 0.2) is 45.9 Å². The highest BCUT2D eigenvalue weighted by atomic mass is 79.9. The second kappa shape index (κ2) is 6.08. The molecule has 0 radical (unpaired) electrons. The molecule has 0 unspecified atom stereocenters. The van der Waals surface area contributed by atoms with Crippen molar-refractivity contribution in [2.75, 3.05) is 4.72 Å². The molecule has 0 spiro atoms. The van der Waals surface area contributed by atoms with Gasteiger partial charge in [0, 0.05) is 10.7 Å². The van der Waals surface area contributed by atoms with Gasteiger partial charge in [0.1, 0.15) is 15.6 Å². The lowest BCUT2D eigenvalue weighted by atomic mass is 10.2. The lowest BCUT2D eigenvalue weighted by Crippen LogP contribution is -2.21. The van der Waals surface area contributed by atoms with Crippen molar-refractivity contribution in [1.82, 2.24) is 4.98 Å². The van der Waals surface area contributed by atoms with Crippen LogP contribution in [-0.4, -0.2) is 18.4 Å². The standard InChI is InChI=1S/C13H12BrN3O2S2/c1-8-4-5-10(9(14)7-8)17-21(18,19)11-3-2-6-16-12(11)13(15)20/h2-7,17H,1H3,(H2,15,20). The predicted molar refractivity (Wildman–Crippen MR) is 89.8 cm³/mol. The Morgan fingerprint density at radius 2 is 2.10 bits per heavy atom. The average molecular weight is 386 g/mol. The minimum absolute atomic E-state index is 0.0509. The number of nitrogens with zero attached hydrogens (tertiary/aromatic N) is 1. The van der Waals surface area contributed by atoms with Crippen LogP contribution in [0.1, 0.15) is 11.3 Å². The number of nitrogens with one attached hydrogen (secondary N) is 1. The first-order valence-electron chi connectivity index (χ1n) is 5.85. The fourth-order valence-electron chi connectivity index (χ4n) is 1.70. The highest BCUT2D eigenvalue weighted by Crippen LogP contribution is 2.26. The average Bonchev–Trinajstić information content (AvgIpc) is 2.42. The molecule has 0 bridgehead atoms. The Morgan fingerprint density at radius 1 is 1.38 bits per heavy atom. The molecule has 3 N–H and O–H groups in total. The van der Waals surface area contributed by atoms with Gasteiger partial charge in [-0.05, 0) is 52.7 Å². The van der Waals surface area contributed by atoms with Gasteiger partial charge in [-0.15, -0.1) is 0 Å². The number of benzene rings is 1. The van der Waals surface area contributed by atoms with Crippen LogP contribution in [-0.2, 0) is 10.0 Å². The van der Waals surface area contributed by atoms with E-state index in [0.717, 1.165) is 5.56 Å². The summed E-state index contributed by atoms with van der Waals surface area (Å²) < 4.78 is 28.1. The second-order valence-corrected chi connectivity index (χ2v) is 7.25. The minimum atomic E-state index is -3.83.